The summed E-state index contributed by atoms with van der Waals surface area (Å²) in [6.45, 7) is 0.872. The quantitative estimate of drug-likeness (QED) is 0.819. The molecule has 16 heavy (non-hydrogen) atoms. The molecule has 0 aliphatic carbocycles. The average molecular weight is 286 g/mol. The summed E-state index contributed by atoms with van der Waals surface area (Å²) in [7, 11) is 0. The van der Waals surface area contributed by atoms with Gasteiger partial charge in [0.2, 0.25) is 0 Å². The van der Waals surface area contributed by atoms with Crippen molar-refractivity contribution in [1.29, 1.82) is 0 Å². The maximum Gasteiger partial charge on any atom is 0.257 e. The monoisotopic (exact) mass is 285 g/mol. The van der Waals surface area contributed by atoms with Gasteiger partial charge in [-0.2, -0.15) is 0 Å². The van der Waals surface area contributed by atoms with Crippen LogP contribution in [0, 0.1) is 0 Å². The Balaban J connectivity index is 2.23. The zero-order chi connectivity index (χ0) is 11.7. The molecule has 1 amide bonds. The SMILES string of the molecule is O=C(c1cc(Br)ccc1O)N1CCC(O)C1. The molecule has 2 rings (SSSR count). The second-order valence-corrected chi connectivity index (χ2v) is 4.77. The molecule has 1 aromatic rings. The number of aliphatic hydroxyl groups is 1. The normalized spacial score (nSPS) is 20.1. The first-order valence-corrected chi connectivity index (χ1v) is 5.83. The van der Waals surface area contributed by atoms with Crippen molar-refractivity contribution in [3.05, 3.63) is 28.2 Å². The Morgan fingerprint density at radius 2 is 2.25 bits per heavy atom. The van der Waals surface area contributed by atoms with Gasteiger partial charge in [-0.1, -0.05) is 15.9 Å². The van der Waals surface area contributed by atoms with Gasteiger partial charge < -0.3 is 15.1 Å². The van der Waals surface area contributed by atoms with Crippen molar-refractivity contribution in [3.8, 4) is 5.75 Å². The maximum atomic E-state index is 12.0. The molecular weight excluding hydrogens is 274 g/mol. The van der Waals surface area contributed by atoms with Crippen LogP contribution in [0.5, 0.6) is 5.75 Å². The van der Waals surface area contributed by atoms with Crippen LogP contribution in [0.1, 0.15) is 16.8 Å². The van der Waals surface area contributed by atoms with Crippen molar-refractivity contribution in [3.63, 3.8) is 0 Å². The van der Waals surface area contributed by atoms with Crippen LogP contribution in [-0.4, -0.2) is 40.2 Å². The number of aliphatic hydroxyl groups excluding tert-OH is 1. The first kappa shape index (κ1) is 11.4. The number of likely N-dealkylation sites (tertiary alicyclic amines) is 1. The molecule has 1 heterocycles. The molecule has 1 aromatic carbocycles. The number of rotatable bonds is 1. The molecule has 0 spiro atoms. The Bertz CT molecular complexity index is 422. The number of nitrogens with zero attached hydrogens (tertiary/aromatic N) is 1. The summed E-state index contributed by atoms with van der Waals surface area (Å²) in [6, 6.07) is 4.73. The minimum Gasteiger partial charge on any atom is -0.507 e. The molecule has 1 fully saturated rings. The van der Waals surface area contributed by atoms with Crippen molar-refractivity contribution in [1.82, 2.24) is 4.90 Å². The maximum absolute atomic E-state index is 12.0. The fourth-order valence-electron chi connectivity index (χ4n) is 1.78. The first-order valence-electron chi connectivity index (χ1n) is 5.04. The van der Waals surface area contributed by atoms with Gasteiger partial charge in [0.25, 0.3) is 5.91 Å². The number of phenolic OH excluding ortho intramolecular Hbond substituents is 1. The number of hydrogen-bond donors (Lipinski definition) is 2. The highest BCUT2D eigenvalue weighted by Gasteiger charge is 2.26. The number of β-amino-alcohol motifs (C(OH)–C–C–N with tert-alkyl or cyclic N) is 1. The molecule has 0 bridgehead atoms. The Hall–Kier alpha value is -1.07. The fourth-order valence-corrected chi connectivity index (χ4v) is 2.14. The zero-order valence-corrected chi connectivity index (χ0v) is 10.1. The van der Waals surface area contributed by atoms with E-state index in [1.165, 1.54) is 6.07 Å². The number of amides is 1. The molecule has 0 aromatic heterocycles. The number of benzene rings is 1. The third-order valence-electron chi connectivity index (χ3n) is 2.64. The van der Waals surface area contributed by atoms with E-state index in [9.17, 15) is 15.0 Å². The molecule has 1 aliphatic rings. The second-order valence-electron chi connectivity index (χ2n) is 3.86. The second kappa shape index (κ2) is 4.43. The van der Waals surface area contributed by atoms with Gasteiger partial charge in [-0.15, -0.1) is 0 Å². The molecule has 4 nitrogen and oxygen atoms in total. The number of carbonyl (C=O) groups excluding carboxylic acids is 1. The Morgan fingerprint density at radius 1 is 1.50 bits per heavy atom. The highest BCUT2D eigenvalue weighted by atomic mass is 79.9. The number of halogens is 1. The molecule has 0 saturated carbocycles. The van der Waals surface area contributed by atoms with Crippen molar-refractivity contribution in [2.75, 3.05) is 13.1 Å². The number of phenols is 1. The lowest BCUT2D eigenvalue weighted by atomic mass is 10.2. The van der Waals surface area contributed by atoms with Gasteiger partial charge in [0.15, 0.2) is 0 Å². The highest BCUT2D eigenvalue weighted by molar-refractivity contribution is 9.10. The number of carbonyl (C=O) groups is 1. The summed E-state index contributed by atoms with van der Waals surface area (Å²) >= 11 is 3.25. The summed E-state index contributed by atoms with van der Waals surface area (Å²) in [5, 5.41) is 19.0. The van der Waals surface area contributed by atoms with Gasteiger partial charge in [-0.25, -0.2) is 0 Å². The van der Waals surface area contributed by atoms with Gasteiger partial charge in [-0.05, 0) is 24.6 Å². The summed E-state index contributed by atoms with van der Waals surface area (Å²) in [5.41, 5.74) is 0.267. The van der Waals surface area contributed by atoms with Gasteiger partial charge >= 0.3 is 0 Å². The van der Waals surface area contributed by atoms with Crippen LogP contribution in [0.4, 0.5) is 0 Å². The lowest BCUT2D eigenvalue weighted by Gasteiger charge is -2.16. The van der Waals surface area contributed by atoms with Crippen LogP contribution >= 0.6 is 15.9 Å². The van der Waals surface area contributed by atoms with E-state index in [4.69, 9.17) is 0 Å². The molecule has 86 valence electrons. The Kier molecular flexibility index (Phi) is 3.16. The molecule has 5 heteroatoms. The van der Waals surface area contributed by atoms with E-state index < -0.39 is 6.10 Å². The van der Waals surface area contributed by atoms with Crippen molar-refractivity contribution in [2.45, 2.75) is 12.5 Å². The standard InChI is InChI=1S/C11H12BrNO3/c12-7-1-2-10(15)9(5-7)11(16)13-4-3-8(14)6-13/h1-2,5,8,14-15H,3-4,6H2. The summed E-state index contributed by atoms with van der Waals surface area (Å²) in [4.78, 5) is 13.5. The van der Waals surface area contributed by atoms with Gasteiger partial charge in [0.1, 0.15) is 5.75 Å². The highest BCUT2D eigenvalue weighted by Crippen LogP contribution is 2.24. The van der Waals surface area contributed by atoms with Gasteiger partial charge in [0, 0.05) is 17.6 Å². The van der Waals surface area contributed by atoms with Crippen molar-refractivity contribution < 1.29 is 15.0 Å². The number of aromatic hydroxyl groups is 1. The van der Waals surface area contributed by atoms with Gasteiger partial charge in [0.05, 0.1) is 11.7 Å². The largest absolute Gasteiger partial charge is 0.507 e. The molecule has 0 radical (unpaired) electrons. The summed E-state index contributed by atoms with van der Waals surface area (Å²) < 4.78 is 0.744. The van der Waals surface area contributed by atoms with Crippen LogP contribution in [-0.2, 0) is 0 Å². The average Bonchev–Trinajstić information content (AvgIpc) is 2.67. The Morgan fingerprint density at radius 3 is 2.88 bits per heavy atom. The fraction of sp³-hybridized carbons (Fsp3) is 0.364. The third kappa shape index (κ3) is 2.20. The zero-order valence-electron chi connectivity index (χ0n) is 8.56. The molecular formula is C11H12BrNO3. The van der Waals surface area contributed by atoms with E-state index in [1.807, 2.05) is 0 Å². The topological polar surface area (TPSA) is 60.8 Å². The first-order chi connectivity index (χ1) is 7.58. The van der Waals surface area contributed by atoms with Crippen LogP contribution in [0.3, 0.4) is 0 Å². The lowest BCUT2D eigenvalue weighted by molar-refractivity contribution is 0.0762. The predicted octanol–water partition coefficient (Wildman–Crippen LogP) is 1.36. The molecule has 1 saturated heterocycles. The summed E-state index contributed by atoms with van der Waals surface area (Å²) in [6.07, 6.45) is 0.152. The third-order valence-corrected chi connectivity index (χ3v) is 3.13. The smallest absolute Gasteiger partial charge is 0.257 e. The molecule has 1 atom stereocenters. The Labute approximate surface area is 102 Å². The molecule has 1 unspecified atom stereocenters. The van der Waals surface area contributed by atoms with E-state index in [0.29, 0.717) is 19.5 Å². The van der Waals surface area contributed by atoms with Crippen molar-refractivity contribution in [2.24, 2.45) is 0 Å². The van der Waals surface area contributed by atoms with Crippen molar-refractivity contribution >= 4 is 21.8 Å². The van der Waals surface area contributed by atoms with E-state index in [1.54, 1.807) is 17.0 Å². The predicted molar refractivity (Wildman–Crippen MR) is 62.3 cm³/mol. The molecule has 1 aliphatic heterocycles. The lowest BCUT2D eigenvalue weighted by Crippen LogP contribution is -2.29. The minimum atomic E-state index is -0.446. The minimum absolute atomic E-state index is 0.0328. The van der Waals surface area contributed by atoms with Gasteiger partial charge in [-0.3, -0.25) is 4.79 Å². The number of hydrogen-bond acceptors (Lipinski definition) is 3. The van der Waals surface area contributed by atoms with E-state index in [-0.39, 0.29) is 17.2 Å². The molecule has 2 N–H and O–H groups in total. The van der Waals surface area contributed by atoms with Crippen LogP contribution in [0.2, 0.25) is 0 Å². The van der Waals surface area contributed by atoms with Crippen LogP contribution in [0.15, 0.2) is 22.7 Å². The summed E-state index contributed by atoms with van der Waals surface area (Å²) in [5.74, 6) is -0.273. The van der Waals surface area contributed by atoms with E-state index in [2.05, 4.69) is 15.9 Å². The van der Waals surface area contributed by atoms with E-state index in [0.717, 1.165) is 4.47 Å². The van der Waals surface area contributed by atoms with Crippen LogP contribution < -0.4 is 0 Å². The van der Waals surface area contributed by atoms with E-state index >= 15 is 0 Å². The van der Waals surface area contributed by atoms with Crippen LogP contribution in [0.25, 0.3) is 0 Å².